The Morgan fingerprint density at radius 1 is 1.06 bits per heavy atom. The first-order valence-corrected chi connectivity index (χ1v) is 11.5. The number of nitrogens with zero attached hydrogens (tertiary/aromatic N) is 2. The Kier molecular flexibility index (Phi) is 6.27. The molecule has 2 aliphatic rings. The standard InChI is InChI=1S/C27H26N2O5/c30-20-10-8-18(9-11-20)16-19-4-3-6-22-25(21-5-1-2-7-23(21)28-26(19)22)27(32)34-17-24(31)29-12-14-33-15-13-29/h1-2,5,7-11,16,30H,3-4,6,12-15,17H2/b19-16+. The molecule has 0 spiro atoms. The highest BCUT2D eigenvalue weighted by Gasteiger charge is 2.27. The van der Waals surface area contributed by atoms with E-state index in [2.05, 4.69) is 6.08 Å². The molecule has 5 rings (SSSR count). The number of carbonyl (C=O) groups excluding carboxylic acids is 2. The fraction of sp³-hybridized carbons (Fsp3) is 0.296. The fourth-order valence-corrected chi connectivity index (χ4v) is 4.58. The second kappa shape index (κ2) is 9.65. The van der Waals surface area contributed by atoms with Crippen molar-refractivity contribution in [1.82, 2.24) is 9.88 Å². The van der Waals surface area contributed by atoms with Crippen LogP contribution in [0.3, 0.4) is 0 Å². The molecule has 1 fully saturated rings. The van der Waals surface area contributed by atoms with E-state index in [0.717, 1.165) is 40.6 Å². The summed E-state index contributed by atoms with van der Waals surface area (Å²) in [5.74, 6) is -0.494. The molecule has 1 N–H and O–H groups in total. The van der Waals surface area contributed by atoms with Crippen LogP contribution in [0.1, 0.15) is 40.0 Å². The number of morpholine rings is 1. The summed E-state index contributed by atoms with van der Waals surface area (Å²) in [6.45, 7) is 1.72. The van der Waals surface area contributed by atoms with Crippen LogP contribution in [0.2, 0.25) is 0 Å². The Morgan fingerprint density at radius 2 is 1.82 bits per heavy atom. The Labute approximate surface area is 197 Å². The number of pyridine rings is 1. The largest absolute Gasteiger partial charge is 0.508 e. The molecule has 0 unspecified atom stereocenters. The van der Waals surface area contributed by atoms with E-state index in [1.165, 1.54) is 0 Å². The van der Waals surface area contributed by atoms with Crippen LogP contribution in [-0.4, -0.2) is 59.8 Å². The van der Waals surface area contributed by atoms with Gasteiger partial charge in [-0.05, 0) is 60.2 Å². The van der Waals surface area contributed by atoms with Gasteiger partial charge in [-0.15, -0.1) is 0 Å². The maximum atomic E-state index is 13.3. The molecule has 7 heteroatoms. The number of benzene rings is 2. The maximum absolute atomic E-state index is 13.3. The van der Waals surface area contributed by atoms with E-state index >= 15 is 0 Å². The van der Waals surface area contributed by atoms with E-state index in [-0.39, 0.29) is 18.3 Å². The number of para-hydroxylation sites is 1. The van der Waals surface area contributed by atoms with Gasteiger partial charge in [0.2, 0.25) is 0 Å². The van der Waals surface area contributed by atoms with Crippen LogP contribution in [0.5, 0.6) is 5.75 Å². The molecule has 174 valence electrons. The van der Waals surface area contributed by atoms with Gasteiger partial charge in [0.25, 0.3) is 5.91 Å². The van der Waals surface area contributed by atoms with Crippen LogP contribution in [0, 0.1) is 0 Å². The van der Waals surface area contributed by atoms with Gasteiger partial charge in [-0.1, -0.05) is 30.3 Å². The predicted octanol–water partition coefficient (Wildman–Crippen LogP) is 3.83. The van der Waals surface area contributed by atoms with Crippen molar-refractivity contribution in [3.63, 3.8) is 0 Å². The van der Waals surface area contributed by atoms with Gasteiger partial charge in [0.05, 0.1) is 30.0 Å². The molecule has 0 radical (unpaired) electrons. The molecule has 0 saturated carbocycles. The molecule has 3 aromatic rings. The van der Waals surface area contributed by atoms with Crippen molar-refractivity contribution >= 4 is 34.4 Å². The van der Waals surface area contributed by atoms with Crippen molar-refractivity contribution < 1.29 is 24.2 Å². The summed E-state index contributed by atoms with van der Waals surface area (Å²) < 4.78 is 10.8. The number of rotatable bonds is 4. The molecule has 0 atom stereocenters. The first kappa shape index (κ1) is 22.1. The van der Waals surface area contributed by atoms with Crippen LogP contribution in [0.15, 0.2) is 48.5 Å². The molecule has 1 aliphatic heterocycles. The van der Waals surface area contributed by atoms with Crippen molar-refractivity contribution in [1.29, 1.82) is 0 Å². The van der Waals surface area contributed by atoms with Gasteiger partial charge in [0.15, 0.2) is 6.61 Å². The second-order valence-electron chi connectivity index (χ2n) is 8.52. The minimum atomic E-state index is -0.498. The summed E-state index contributed by atoms with van der Waals surface area (Å²) in [6.07, 6.45) is 4.48. The first-order valence-electron chi connectivity index (χ1n) is 11.5. The Balaban J connectivity index is 1.49. The lowest BCUT2D eigenvalue weighted by atomic mass is 9.86. The topological polar surface area (TPSA) is 89.0 Å². The van der Waals surface area contributed by atoms with Gasteiger partial charge in [-0.25, -0.2) is 9.78 Å². The van der Waals surface area contributed by atoms with Crippen LogP contribution >= 0.6 is 0 Å². The van der Waals surface area contributed by atoms with E-state index in [1.54, 1.807) is 17.0 Å². The number of ether oxygens (including phenoxy) is 2. The van der Waals surface area contributed by atoms with E-state index in [0.29, 0.717) is 43.8 Å². The first-order chi connectivity index (χ1) is 16.6. The van der Waals surface area contributed by atoms with Crippen LogP contribution in [-0.2, 0) is 20.7 Å². The lowest BCUT2D eigenvalue weighted by molar-refractivity contribution is -0.138. The molecule has 34 heavy (non-hydrogen) atoms. The number of phenolic OH excluding ortho intramolecular Hbond substituents is 1. The number of hydrogen-bond acceptors (Lipinski definition) is 6. The highest BCUT2D eigenvalue weighted by atomic mass is 16.5. The van der Waals surface area contributed by atoms with E-state index in [4.69, 9.17) is 14.5 Å². The third-order valence-electron chi connectivity index (χ3n) is 6.30. The number of aromatic hydroxyl groups is 1. The Bertz CT molecular complexity index is 1260. The quantitative estimate of drug-likeness (QED) is 0.598. The molecular formula is C27H26N2O5. The smallest absolute Gasteiger partial charge is 0.339 e. The number of carbonyl (C=O) groups is 2. The summed E-state index contributed by atoms with van der Waals surface area (Å²) in [5, 5.41) is 10.3. The van der Waals surface area contributed by atoms with Crippen molar-refractivity contribution in [2.24, 2.45) is 0 Å². The van der Waals surface area contributed by atoms with Gasteiger partial charge >= 0.3 is 5.97 Å². The van der Waals surface area contributed by atoms with Crippen molar-refractivity contribution in [2.45, 2.75) is 19.3 Å². The zero-order valence-electron chi connectivity index (χ0n) is 18.8. The van der Waals surface area contributed by atoms with Gasteiger partial charge in [-0.3, -0.25) is 4.79 Å². The van der Waals surface area contributed by atoms with E-state index in [1.807, 2.05) is 36.4 Å². The maximum Gasteiger partial charge on any atom is 0.339 e. The van der Waals surface area contributed by atoms with E-state index in [9.17, 15) is 14.7 Å². The molecule has 1 amide bonds. The lowest BCUT2D eigenvalue weighted by Gasteiger charge is -2.27. The third-order valence-corrected chi connectivity index (χ3v) is 6.30. The van der Waals surface area contributed by atoms with E-state index < -0.39 is 5.97 Å². The number of fused-ring (bicyclic) bond motifs is 2. The average molecular weight is 459 g/mol. The van der Waals surface area contributed by atoms with Crippen LogP contribution in [0.25, 0.3) is 22.6 Å². The SMILES string of the molecule is O=C(OCC(=O)N1CCOCC1)c1c2c(nc3ccccc13)/C(=C/c1ccc(O)cc1)CCC2. The van der Waals surface area contributed by atoms with Crippen molar-refractivity contribution in [3.05, 3.63) is 70.9 Å². The van der Waals surface area contributed by atoms with Gasteiger partial charge in [0.1, 0.15) is 5.75 Å². The van der Waals surface area contributed by atoms with Gasteiger partial charge in [0, 0.05) is 18.5 Å². The third kappa shape index (κ3) is 4.52. The molecule has 1 saturated heterocycles. The molecular weight excluding hydrogens is 432 g/mol. The summed E-state index contributed by atoms with van der Waals surface area (Å²) in [5.41, 5.74) is 4.85. The minimum Gasteiger partial charge on any atom is -0.508 e. The molecule has 0 bridgehead atoms. The zero-order chi connectivity index (χ0) is 23.5. The number of allylic oxidation sites excluding steroid dienone is 1. The molecule has 1 aliphatic carbocycles. The number of aromatic nitrogens is 1. The molecule has 1 aromatic heterocycles. The summed E-state index contributed by atoms with van der Waals surface area (Å²) >= 11 is 0. The average Bonchev–Trinajstić information content (AvgIpc) is 2.88. The van der Waals surface area contributed by atoms with Crippen LogP contribution < -0.4 is 0 Å². The van der Waals surface area contributed by atoms with Gasteiger partial charge in [-0.2, -0.15) is 0 Å². The molecule has 7 nitrogen and oxygen atoms in total. The number of phenols is 1. The summed E-state index contributed by atoms with van der Waals surface area (Å²) in [7, 11) is 0. The summed E-state index contributed by atoms with van der Waals surface area (Å²) in [6, 6.07) is 14.5. The number of hydrogen-bond donors (Lipinski definition) is 1. The van der Waals surface area contributed by atoms with Gasteiger partial charge < -0.3 is 19.5 Å². The predicted molar refractivity (Wildman–Crippen MR) is 128 cm³/mol. The molecule has 2 heterocycles. The fourth-order valence-electron chi connectivity index (χ4n) is 4.58. The second-order valence-corrected chi connectivity index (χ2v) is 8.52. The Morgan fingerprint density at radius 3 is 2.62 bits per heavy atom. The van der Waals surface area contributed by atoms with Crippen LogP contribution in [0.4, 0.5) is 0 Å². The number of amides is 1. The highest BCUT2D eigenvalue weighted by molar-refractivity contribution is 6.07. The van der Waals surface area contributed by atoms with Crippen molar-refractivity contribution in [2.75, 3.05) is 32.9 Å². The lowest BCUT2D eigenvalue weighted by Crippen LogP contribution is -2.42. The minimum absolute atomic E-state index is 0.211. The monoisotopic (exact) mass is 458 g/mol. The number of esters is 1. The molecule has 2 aromatic carbocycles. The van der Waals surface area contributed by atoms with Crippen molar-refractivity contribution in [3.8, 4) is 5.75 Å². The normalized spacial score (nSPS) is 16.9. The summed E-state index contributed by atoms with van der Waals surface area (Å²) in [4.78, 5) is 32.4. The Hall–Kier alpha value is -3.71. The highest BCUT2D eigenvalue weighted by Crippen LogP contribution is 2.36. The zero-order valence-corrected chi connectivity index (χ0v) is 18.8.